The van der Waals surface area contributed by atoms with Gasteiger partial charge in [-0.1, -0.05) is 24.3 Å². The molecule has 1 aliphatic rings. The van der Waals surface area contributed by atoms with Crippen LogP contribution in [-0.4, -0.2) is 70.5 Å². The molecule has 0 aromatic heterocycles. The van der Waals surface area contributed by atoms with Gasteiger partial charge in [0.05, 0.1) is 13.2 Å². The maximum atomic E-state index is 5.47. The van der Waals surface area contributed by atoms with Crippen LogP contribution in [0.1, 0.15) is 30.9 Å². The number of rotatable bonds is 12. The summed E-state index contributed by atoms with van der Waals surface area (Å²) in [6, 6.07) is 8.81. The Morgan fingerprint density at radius 3 is 2.78 bits per heavy atom. The van der Waals surface area contributed by atoms with Gasteiger partial charge in [-0.05, 0) is 37.3 Å². The Kier molecular flexibility index (Phi) is 10.9. The number of hydrogen-bond donors (Lipinski definition) is 2. The zero-order valence-electron chi connectivity index (χ0n) is 17.0. The summed E-state index contributed by atoms with van der Waals surface area (Å²) in [5, 5.41) is 6.75. The van der Waals surface area contributed by atoms with E-state index in [-0.39, 0.29) is 0 Å². The van der Waals surface area contributed by atoms with E-state index in [1.807, 2.05) is 0 Å². The molecular formula is C21H36N4O2. The Hall–Kier alpha value is -1.63. The Balaban J connectivity index is 1.59. The van der Waals surface area contributed by atoms with E-state index in [1.165, 1.54) is 17.5 Å². The van der Waals surface area contributed by atoms with Gasteiger partial charge in [-0.25, -0.2) is 0 Å². The molecule has 1 heterocycles. The molecule has 0 amide bonds. The second-order valence-corrected chi connectivity index (χ2v) is 6.79. The molecule has 152 valence electrons. The monoisotopic (exact) mass is 376 g/mol. The number of benzene rings is 1. The van der Waals surface area contributed by atoms with E-state index in [1.54, 1.807) is 7.11 Å². The van der Waals surface area contributed by atoms with Crippen molar-refractivity contribution < 1.29 is 9.47 Å². The van der Waals surface area contributed by atoms with E-state index in [0.717, 1.165) is 64.7 Å². The van der Waals surface area contributed by atoms with Crippen molar-refractivity contribution in [2.75, 3.05) is 59.7 Å². The van der Waals surface area contributed by atoms with Gasteiger partial charge >= 0.3 is 0 Å². The van der Waals surface area contributed by atoms with Gasteiger partial charge in [0, 0.05) is 53.0 Å². The highest BCUT2D eigenvalue weighted by atomic mass is 16.5. The molecule has 1 aromatic carbocycles. The summed E-state index contributed by atoms with van der Waals surface area (Å²) in [6.07, 6.45) is 3.21. The number of hydrogen-bond acceptors (Lipinski definition) is 4. The number of nitrogens with zero attached hydrogens (tertiary/aromatic N) is 2. The van der Waals surface area contributed by atoms with Crippen molar-refractivity contribution in [2.24, 2.45) is 4.99 Å². The molecule has 1 aliphatic heterocycles. The maximum Gasteiger partial charge on any atom is 0.191 e. The van der Waals surface area contributed by atoms with E-state index < -0.39 is 0 Å². The highest BCUT2D eigenvalue weighted by Gasteiger charge is 2.14. The largest absolute Gasteiger partial charge is 0.382 e. The molecule has 0 saturated carbocycles. The molecule has 0 spiro atoms. The quantitative estimate of drug-likeness (QED) is 0.332. The van der Waals surface area contributed by atoms with Crippen molar-refractivity contribution in [3.63, 3.8) is 0 Å². The normalized spacial score (nSPS) is 14.8. The average molecular weight is 377 g/mol. The minimum atomic E-state index is 0.649. The third kappa shape index (κ3) is 8.73. The Morgan fingerprint density at radius 2 is 1.96 bits per heavy atom. The van der Waals surface area contributed by atoms with Crippen molar-refractivity contribution in [3.05, 3.63) is 35.4 Å². The molecular weight excluding hydrogens is 340 g/mol. The zero-order valence-corrected chi connectivity index (χ0v) is 17.0. The van der Waals surface area contributed by atoms with Gasteiger partial charge in [-0.2, -0.15) is 0 Å². The van der Waals surface area contributed by atoms with Gasteiger partial charge in [-0.3, -0.25) is 9.89 Å². The molecule has 6 nitrogen and oxygen atoms in total. The summed E-state index contributed by atoms with van der Waals surface area (Å²) in [7, 11) is 1.69. The minimum Gasteiger partial charge on any atom is -0.382 e. The average Bonchev–Trinajstić information content (AvgIpc) is 2.70. The van der Waals surface area contributed by atoms with Crippen LogP contribution in [0.2, 0.25) is 0 Å². The summed E-state index contributed by atoms with van der Waals surface area (Å²) >= 11 is 0. The molecule has 6 heteroatoms. The van der Waals surface area contributed by atoms with Gasteiger partial charge in [-0.15, -0.1) is 0 Å². The molecule has 0 fully saturated rings. The highest BCUT2D eigenvalue weighted by Crippen LogP contribution is 2.18. The number of aliphatic imine (C=N–C) groups is 1. The molecule has 2 N–H and O–H groups in total. The number of ether oxygens (including phenoxy) is 2. The fourth-order valence-corrected chi connectivity index (χ4v) is 3.20. The third-order valence-electron chi connectivity index (χ3n) is 4.65. The van der Waals surface area contributed by atoms with Crippen LogP contribution in [0.4, 0.5) is 0 Å². The first kappa shape index (κ1) is 21.7. The van der Waals surface area contributed by atoms with Crippen LogP contribution in [0.25, 0.3) is 0 Å². The second kappa shape index (κ2) is 13.5. The van der Waals surface area contributed by atoms with Crippen LogP contribution in [-0.2, 0) is 22.4 Å². The zero-order chi connectivity index (χ0) is 19.2. The molecule has 0 unspecified atom stereocenters. The van der Waals surface area contributed by atoms with Gasteiger partial charge in [0.15, 0.2) is 5.96 Å². The van der Waals surface area contributed by atoms with E-state index in [2.05, 4.69) is 51.7 Å². The van der Waals surface area contributed by atoms with E-state index in [4.69, 9.17) is 9.47 Å². The Bertz CT molecular complexity index is 551. The summed E-state index contributed by atoms with van der Waals surface area (Å²) in [5.41, 5.74) is 3.00. The summed E-state index contributed by atoms with van der Waals surface area (Å²) < 4.78 is 10.4. The molecule has 0 radical (unpaired) electrons. The number of guanidine groups is 1. The van der Waals surface area contributed by atoms with Crippen LogP contribution >= 0.6 is 0 Å². The van der Waals surface area contributed by atoms with Crippen LogP contribution in [0.15, 0.2) is 29.3 Å². The van der Waals surface area contributed by atoms with Crippen molar-refractivity contribution in [1.82, 2.24) is 15.5 Å². The summed E-state index contributed by atoms with van der Waals surface area (Å²) in [5.74, 6) is 0.901. The van der Waals surface area contributed by atoms with Crippen molar-refractivity contribution >= 4 is 5.96 Å². The van der Waals surface area contributed by atoms with Crippen LogP contribution in [0.5, 0.6) is 0 Å². The second-order valence-electron chi connectivity index (χ2n) is 6.79. The smallest absolute Gasteiger partial charge is 0.191 e. The van der Waals surface area contributed by atoms with E-state index in [0.29, 0.717) is 13.2 Å². The number of nitrogens with one attached hydrogen (secondary N) is 2. The predicted octanol–water partition coefficient (Wildman–Crippen LogP) is 2.04. The van der Waals surface area contributed by atoms with Crippen LogP contribution < -0.4 is 10.6 Å². The first-order chi connectivity index (χ1) is 13.3. The van der Waals surface area contributed by atoms with Gasteiger partial charge in [0.2, 0.25) is 0 Å². The van der Waals surface area contributed by atoms with Crippen molar-refractivity contribution in [3.8, 4) is 0 Å². The number of methoxy groups -OCH3 is 1. The first-order valence-corrected chi connectivity index (χ1v) is 10.2. The Morgan fingerprint density at radius 1 is 1.11 bits per heavy atom. The summed E-state index contributed by atoms with van der Waals surface area (Å²) in [4.78, 5) is 7.16. The van der Waals surface area contributed by atoms with E-state index in [9.17, 15) is 0 Å². The lowest BCUT2D eigenvalue weighted by Gasteiger charge is -2.28. The van der Waals surface area contributed by atoms with Gasteiger partial charge < -0.3 is 20.1 Å². The van der Waals surface area contributed by atoms with Crippen LogP contribution in [0, 0.1) is 0 Å². The Labute approximate surface area is 164 Å². The maximum absolute atomic E-state index is 5.47. The lowest BCUT2D eigenvalue weighted by molar-refractivity contribution is 0.0702. The lowest BCUT2D eigenvalue weighted by atomic mass is 10.00. The highest BCUT2D eigenvalue weighted by molar-refractivity contribution is 5.79. The molecule has 0 bridgehead atoms. The predicted molar refractivity (Wildman–Crippen MR) is 111 cm³/mol. The van der Waals surface area contributed by atoms with Crippen LogP contribution in [0.3, 0.4) is 0 Å². The molecule has 27 heavy (non-hydrogen) atoms. The molecule has 2 rings (SSSR count). The van der Waals surface area contributed by atoms with E-state index >= 15 is 0 Å². The SMILES string of the molecule is CCNC(=NCCCOCCOC)NCCCN1CCc2ccccc2C1. The molecule has 0 atom stereocenters. The molecule has 0 saturated heterocycles. The van der Waals surface area contributed by atoms with Crippen molar-refractivity contribution in [2.45, 2.75) is 32.7 Å². The lowest BCUT2D eigenvalue weighted by Crippen LogP contribution is -2.39. The fourth-order valence-electron chi connectivity index (χ4n) is 3.20. The summed E-state index contributed by atoms with van der Waals surface area (Å²) in [6.45, 7) is 10.1. The molecule has 1 aromatic rings. The van der Waals surface area contributed by atoms with Gasteiger partial charge in [0.25, 0.3) is 0 Å². The number of fused-ring (bicyclic) bond motifs is 1. The topological polar surface area (TPSA) is 58.1 Å². The standard InChI is InChI=1S/C21H36N4O2/c1-3-22-21(24-12-7-15-27-17-16-26-2)23-11-6-13-25-14-10-19-8-4-5-9-20(19)18-25/h4-5,8-9H,3,6-7,10-18H2,1-2H3,(H2,22,23,24). The fraction of sp³-hybridized carbons (Fsp3) is 0.667. The third-order valence-corrected chi connectivity index (χ3v) is 4.65. The first-order valence-electron chi connectivity index (χ1n) is 10.2. The minimum absolute atomic E-state index is 0.649. The van der Waals surface area contributed by atoms with Gasteiger partial charge in [0.1, 0.15) is 0 Å². The van der Waals surface area contributed by atoms with Crippen molar-refractivity contribution in [1.29, 1.82) is 0 Å². The molecule has 0 aliphatic carbocycles.